The Hall–Kier alpha value is -0.230. The van der Waals surface area contributed by atoms with Crippen molar-refractivity contribution >= 4 is 26.7 Å². The van der Waals surface area contributed by atoms with Gasteiger partial charge < -0.3 is 9.47 Å². The van der Waals surface area contributed by atoms with Crippen LogP contribution in [0.15, 0.2) is 33.6 Å². The van der Waals surface area contributed by atoms with E-state index < -0.39 is 10.8 Å². The minimum absolute atomic E-state index is 0.258. The Morgan fingerprint density at radius 1 is 1.22 bits per heavy atom. The van der Waals surface area contributed by atoms with Gasteiger partial charge in [-0.15, -0.1) is 0 Å². The van der Waals surface area contributed by atoms with Crippen LogP contribution in [0.4, 0.5) is 0 Å². The Balaban J connectivity index is 2.52. The quantitative estimate of drug-likeness (QED) is 0.684. The van der Waals surface area contributed by atoms with Crippen LogP contribution in [0.1, 0.15) is 20.3 Å². The first-order valence-electron chi connectivity index (χ1n) is 6.05. The fourth-order valence-corrected chi connectivity index (χ4v) is 3.50. The maximum Gasteiger partial charge on any atom is 0.158 e. The summed E-state index contributed by atoms with van der Waals surface area (Å²) >= 11 is 3.41. The standard InChI is InChI=1S/C13H19BrO3S/c1-3-16-13(17-4-2)9-10-18(15)12-8-6-5-7-11(12)14/h5-8,13H,3-4,9-10H2,1-2H3. The van der Waals surface area contributed by atoms with Crippen LogP contribution in [0.5, 0.6) is 0 Å². The molecule has 0 aliphatic rings. The van der Waals surface area contributed by atoms with Crippen LogP contribution >= 0.6 is 15.9 Å². The zero-order valence-corrected chi connectivity index (χ0v) is 13.1. The SMILES string of the molecule is CCOC(CCS(=O)c1ccccc1Br)OCC. The minimum atomic E-state index is -1.03. The first-order valence-corrected chi connectivity index (χ1v) is 8.16. The van der Waals surface area contributed by atoms with Crippen LogP contribution in [0.2, 0.25) is 0 Å². The van der Waals surface area contributed by atoms with E-state index in [1.165, 1.54) is 0 Å². The molecule has 0 radical (unpaired) electrons. The monoisotopic (exact) mass is 334 g/mol. The van der Waals surface area contributed by atoms with E-state index in [0.29, 0.717) is 25.4 Å². The van der Waals surface area contributed by atoms with Crippen molar-refractivity contribution in [3.8, 4) is 0 Å². The van der Waals surface area contributed by atoms with E-state index in [9.17, 15) is 4.21 Å². The molecule has 0 N–H and O–H groups in total. The Morgan fingerprint density at radius 2 is 1.83 bits per heavy atom. The lowest BCUT2D eigenvalue weighted by Gasteiger charge is -2.16. The second-order valence-corrected chi connectivity index (χ2v) is 6.00. The van der Waals surface area contributed by atoms with Gasteiger partial charge in [-0.2, -0.15) is 0 Å². The number of hydrogen-bond acceptors (Lipinski definition) is 3. The molecule has 3 nitrogen and oxygen atoms in total. The number of ether oxygens (including phenoxy) is 2. The summed E-state index contributed by atoms with van der Waals surface area (Å²) in [5.74, 6) is 0.535. The number of halogens is 1. The molecule has 1 aromatic carbocycles. The molecule has 0 fully saturated rings. The lowest BCUT2D eigenvalue weighted by molar-refractivity contribution is -0.136. The summed E-state index contributed by atoms with van der Waals surface area (Å²) in [5.41, 5.74) is 0. The molecule has 0 bridgehead atoms. The summed E-state index contributed by atoms with van der Waals surface area (Å²) in [6.45, 7) is 5.06. The smallest absolute Gasteiger partial charge is 0.158 e. The molecule has 1 atom stereocenters. The van der Waals surface area contributed by atoms with Crippen molar-refractivity contribution in [2.75, 3.05) is 19.0 Å². The number of hydrogen-bond donors (Lipinski definition) is 0. The Kier molecular flexibility index (Phi) is 7.74. The zero-order chi connectivity index (χ0) is 13.4. The van der Waals surface area contributed by atoms with E-state index in [-0.39, 0.29) is 6.29 Å². The highest BCUT2D eigenvalue weighted by Crippen LogP contribution is 2.20. The van der Waals surface area contributed by atoms with Crippen LogP contribution in [0.3, 0.4) is 0 Å². The molecule has 0 aliphatic carbocycles. The van der Waals surface area contributed by atoms with E-state index in [0.717, 1.165) is 9.37 Å². The van der Waals surface area contributed by atoms with Crippen LogP contribution < -0.4 is 0 Å². The van der Waals surface area contributed by atoms with Crippen molar-refractivity contribution in [1.82, 2.24) is 0 Å². The fourth-order valence-electron chi connectivity index (χ4n) is 1.53. The predicted molar refractivity (Wildman–Crippen MR) is 77.1 cm³/mol. The second kappa shape index (κ2) is 8.80. The molecule has 5 heteroatoms. The molecule has 0 heterocycles. The van der Waals surface area contributed by atoms with E-state index in [4.69, 9.17) is 9.47 Å². The van der Waals surface area contributed by atoms with Gasteiger partial charge in [-0.3, -0.25) is 4.21 Å². The van der Waals surface area contributed by atoms with Gasteiger partial charge in [0.2, 0.25) is 0 Å². The van der Waals surface area contributed by atoms with Gasteiger partial charge in [0.1, 0.15) is 0 Å². The van der Waals surface area contributed by atoms with Gasteiger partial charge >= 0.3 is 0 Å². The number of benzene rings is 1. The minimum Gasteiger partial charge on any atom is -0.353 e. The highest BCUT2D eigenvalue weighted by Gasteiger charge is 2.13. The third-order valence-corrected chi connectivity index (χ3v) is 4.73. The maximum atomic E-state index is 12.1. The van der Waals surface area contributed by atoms with Gasteiger partial charge in [0.15, 0.2) is 6.29 Å². The first kappa shape index (κ1) is 15.8. The first-order chi connectivity index (χ1) is 8.69. The van der Waals surface area contributed by atoms with Crippen molar-refractivity contribution in [3.05, 3.63) is 28.7 Å². The summed E-state index contributed by atoms with van der Waals surface area (Å²) in [6, 6.07) is 7.57. The lowest BCUT2D eigenvalue weighted by Crippen LogP contribution is -2.20. The predicted octanol–water partition coefficient (Wildman–Crippen LogP) is 3.35. The molecule has 0 spiro atoms. The number of rotatable bonds is 8. The van der Waals surface area contributed by atoms with E-state index >= 15 is 0 Å². The highest BCUT2D eigenvalue weighted by molar-refractivity contribution is 9.10. The molecule has 0 amide bonds. The van der Waals surface area contributed by atoms with Crippen molar-refractivity contribution in [2.24, 2.45) is 0 Å². The summed E-state index contributed by atoms with van der Waals surface area (Å²) in [6.07, 6.45) is 0.377. The van der Waals surface area contributed by atoms with Gasteiger partial charge in [0.05, 0.1) is 15.7 Å². The van der Waals surface area contributed by atoms with Gasteiger partial charge in [-0.1, -0.05) is 12.1 Å². The van der Waals surface area contributed by atoms with Crippen molar-refractivity contribution in [2.45, 2.75) is 31.5 Å². The highest BCUT2D eigenvalue weighted by atomic mass is 79.9. The zero-order valence-electron chi connectivity index (χ0n) is 10.7. The lowest BCUT2D eigenvalue weighted by atomic mass is 10.4. The Morgan fingerprint density at radius 3 is 2.39 bits per heavy atom. The fraction of sp³-hybridized carbons (Fsp3) is 0.538. The molecule has 18 heavy (non-hydrogen) atoms. The average Bonchev–Trinajstić information content (AvgIpc) is 2.36. The van der Waals surface area contributed by atoms with Crippen molar-refractivity contribution in [1.29, 1.82) is 0 Å². The summed E-state index contributed by atoms with van der Waals surface area (Å²) < 4.78 is 23.9. The molecule has 102 valence electrons. The molecular weight excluding hydrogens is 316 g/mol. The molecule has 1 rings (SSSR count). The molecule has 1 unspecified atom stereocenters. The summed E-state index contributed by atoms with van der Waals surface area (Å²) in [5, 5.41) is 0. The third kappa shape index (κ3) is 5.18. The second-order valence-electron chi connectivity index (χ2n) is 3.61. The Bertz CT molecular complexity index is 378. The molecular formula is C13H19BrO3S. The molecule has 0 aromatic heterocycles. The maximum absolute atomic E-state index is 12.1. The van der Waals surface area contributed by atoms with Crippen molar-refractivity contribution < 1.29 is 13.7 Å². The van der Waals surface area contributed by atoms with Crippen LogP contribution in [-0.2, 0) is 20.3 Å². The largest absolute Gasteiger partial charge is 0.353 e. The van der Waals surface area contributed by atoms with Crippen LogP contribution in [-0.4, -0.2) is 29.5 Å². The third-order valence-electron chi connectivity index (χ3n) is 2.33. The summed E-state index contributed by atoms with van der Waals surface area (Å²) in [7, 11) is -1.03. The molecule has 1 aromatic rings. The van der Waals surface area contributed by atoms with E-state index in [1.807, 2.05) is 38.1 Å². The van der Waals surface area contributed by atoms with Gasteiger partial charge in [0.25, 0.3) is 0 Å². The van der Waals surface area contributed by atoms with E-state index in [1.54, 1.807) is 0 Å². The normalized spacial score (nSPS) is 12.9. The van der Waals surface area contributed by atoms with Crippen molar-refractivity contribution in [3.63, 3.8) is 0 Å². The van der Waals surface area contributed by atoms with Crippen LogP contribution in [0.25, 0.3) is 0 Å². The molecule has 0 saturated carbocycles. The van der Waals surface area contributed by atoms with Gasteiger partial charge in [0, 0.05) is 29.9 Å². The van der Waals surface area contributed by atoms with Gasteiger partial charge in [-0.25, -0.2) is 0 Å². The molecule has 0 saturated heterocycles. The Labute approximate surface area is 119 Å². The van der Waals surface area contributed by atoms with Crippen LogP contribution in [0, 0.1) is 0 Å². The van der Waals surface area contributed by atoms with E-state index in [2.05, 4.69) is 15.9 Å². The average molecular weight is 335 g/mol. The van der Waals surface area contributed by atoms with Gasteiger partial charge in [-0.05, 0) is 41.9 Å². The molecule has 0 aliphatic heterocycles. The summed E-state index contributed by atoms with van der Waals surface area (Å²) in [4.78, 5) is 0.823. The topological polar surface area (TPSA) is 35.5 Å².